The van der Waals surface area contributed by atoms with Gasteiger partial charge in [0.25, 0.3) is 11.8 Å². The summed E-state index contributed by atoms with van der Waals surface area (Å²) in [4.78, 5) is 27.7. The SMILES string of the molecule is CC(Oc1nc(-c2ccc(C(=O)NCCCN3CCOCC3)cn2)cnc1N)c1c(Cl)ccc(F)c1Cl. The smallest absolute Gasteiger partial charge is 0.258 e. The van der Waals surface area contributed by atoms with Gasteiger partial charge in [-0.1, -0.05) is 23.2 Å². The van der Waals surface area contributed by atoms with Crippen LogP contribution in [0.25, 0.3) is 11.4 Å². The van der Waals surface area contributed by atoms with E-state index in [4.69, 9.17) is 38.4 Å². The molecule has 12 heteroatoms. The molecule has 1 fully saturated rings. The lowest BCUT2D eigenvalue weighted by atomic mass is 10.1. The molecule has 3 heterocycles. The van der Waals surface area contributed by atoms with Crippen LogP contribution in [-0.4, -0.2) is 65.2 Å². The maximum atomic E-state index is 13.9. The Kier molecular flexibility index (Phi) is 9.09. The Balaban J connectivity index is 1.38. The number of benzene rings is 1. The number of carbonyl (C=O) groups excluding carboxylic acids is 1. The summed E-state index contributed by atoms with van der Waals surface area (Å²) in [5.74, 6) is -0.765. The average molecular weight is 549 g/mol. The van der Waals surface area contributed by atoms with E-state index in [1.165, 1.54) is 24.5 Å². The number of hydrogen-bond donors (Lipinski definition) is 2. The topological polar surface area (TPSA) is 115 Å². The van der Waals surface area contributed by atoms with Crippen LogP contribution < -0.4 is 15.8 Å². The van der Waals surface area contributed by atoms with Crippen LogP contribution in [0.3, 0.4) is 0 Å². The van der Waals surface area contributed by atoms with E-state index in [-0.39, 0.29) is 33.2 Å². The summed E-state index contributed by atoms with van der Waals surface area (Å²) in [5.41, 5.74) is 7.50. The number of halogens is 3. The van der Waals surface area contributed by atoms with Gasteiger partial charge >= 0.3 is 0 Å². The number of morpholine rings is 1. The van der Waals surface area contributed by atoms with Crippen molar-refractivity contribution in [1.29, 1.82) is 0 Å². The first-order valence-electron chi connectivity index (χ1n) is 11.8. The molecule has 1 aliphatic rings. The van der Waals surface area contributed by atoms with Crippen molar-refractivity contribution in [2.45, 2.75) is 19.4 Å². The van der Waals surface area contributed by atoms with Gasteiger partial charge in [0.05, 0.1) is 35.7 Å². The van der Waals surface area contributed by atoms with Gasteiger partial charge in [-0.05, 0) is 44.2 Å². The highest BCUT2D eigenvalue weighted by Gasteiger charge is 2.21. The fourth-order valence-corrected chi connectivity index (χ4v) is 4.52. The fraction of sp³-hybridized carbons (Fsp3) is 0.360. The quantitative estimate of drug-likeness (QED) is 0.302. The number of nitrogens with two attached hydrogens (primary N) is 1. The monoisotopic (exact) mass is 548 g/mol. The highest BCUT2D eigenvalue weighted by Crippen LogP contribution is 2.35. The maximum absolute atomic E-state index is 13.9. The molecular weight excluding hydrogens is 522 g/mol. The van der Waals surface area contributed by atoms with Gasteiger partial charge in [-0.25, -0.2) is 14.4 Å². The summed E-state index contributed by atoms with van der Waals surface area (Å²) < 4.78 is 25.1. The molecule has 37 heavy (non-hydrogen) atoms. The largest absolute Gasteiger partial charge is 0.467 e. The highest BCUT2D eigenvalue weighted by atomic mass is 35.5. The van der Waals surface area contributed by atoms with Gasteiger partial charge in [0.15, 0.2) is 5.82 Å². The molecule has 1 amide bonds. The first-order valence-corrected chi connectivity index (χ1v) is 12.6. The third-order valence-electron chi connectivity index (χ3n) is 5.87. The molecule has 4 rings (SSSR count). The Hall–Kier alpha value is -3.05. The van der Waals surface area contributed by atoms with E-state index in [1.54, 1.807) is 19.1 Å². The van der Waals surface area contributed by atoms with Crippen LogP contribution in [0.4, 0.5) is 10.2 Å². The van der Waals surface area contributed by atoms with Crippen LogP contribution >= 0.6 is 23.2 Å². The van der Waals surface area contributed by atoms with Gasteiger partial charge in [-0.3, -0.25) is 14.7 Å². The van der Waals surface area contributed by atoms with E-state index < -0.39 is 11.9 Å². The van der Waals surface area contributed by atoms with Crippen LogP contribution in [0.5, 0.6) is 5.88 Å². The predicted molar refractivity (Wildman–Crippen MR) is 139 cm³/mol. The third kappa shape index (κ3) is 6.84. The van der Waals surface area contributed by atoms with Crippen molar-refractivity contribution in [1.82, 2.24) is 25.2 Å². The Morgan fingerprint density at radius 3 is 2.70 bits per heavy atom. The normalized spacial score (nSPS) is 14.8. The number of anilines is 1. The highest BCUT2D eigenvalue weighted by molar-refractivity contribution is 6.36. The van der Waals surface area contributed by atoms with Gasteiger partial charge in [-0.2, -0.15) is 0 Å². The Labute approximate surface area is 224 Å². The number of hydrogen-bond acceptors (Lipinski definition) is 8. The molecule has 1 saturated heterocycles. The molecule has 196 valence electrons. The van der Waals surface area contributed by atoms with E-state index in [0.717, 1.165) is 39.3 Å². The summed E-state index contributed by atoms with van der Waals surface area (Å²) in [6, 6.07) is 5.90. The first kappa shape index (κ1) is 27.0. The molecule has 1 atom stereocenters. The third-order valence-corrected chi connectivity index (χ3v) is 6.58. The number of nitrogens with one attached hydrogen (secondary N) is 1. The van der Waals surface area contributed by atoms with Crippen molar-refractivity contribution in [3.05, 3.63) is 63.6 Å². The van der Waals surface area contributed by atoms with Crippen molar-refractivity contribution >= 4 is 34.9 Å². The van der Waals surface area contributed by atoms with Crippen LogP contribution in [0.15, 0.2) is 36.7 Å². The average Bonchev–Trinajstić information content (AvgIpc) is 2.91. The van der Waals surface area contributed by atoms with E-state index in [9.17, 15) is 9.18 Å². The summed E-state index contributed by atoms with van der Waals surface area (Å²) in [6.07, 6.45) is 3.01. The minimum absolute atomic E-state index is 0.0188. The molecule has 9 nitrogen and oxygen atoms in total. The number of nitrogen functional groups attached to an aromatic ring is 1. The molecule has 0 aliphatic carbocycles. The predicted octanol–water partition coefficient (Wildman–Crippen LogP) is 4.16. The van der Waals surface area contributed by atoms with Crippen molar-refractivity contribution < 1.29 is 18.7 Å². The summed E-state index contributed by atoms with van der Waals surface area (Å²) in [7, 11) is 0. The Morgan fingerprint density at radius 2 is 1.97 bits per heavy atom. The van der Waals surface area contributed by atoms with E-state index in [0.29, 0.717) is 23.5 Å². The molecule has 3 N–H and O–H groups in total. The van der Waals surface area contributed by atoms with E-state index >= 15 is 0 Å². The van der Waals surface area contributed by atoms with Crippen molar-refractivity contribution in [2.24, 2.45) is 0 Å². The zero-order valence-electron chi connectivity index (χ0n) is 20.2. The van der Waals surface area contributed by atoms with E-state index in [1.807, 2.05) is 0 Å². The molecule has 0 saturated carbocycles. The van der Waals surface area contributed by atoms with Gasteiger partial charge < -0.3 is 20.5 Å². The number of aromatic nitrogens is 3. The summed E-state index contributed by atoms with van der Waals surface area (Å²) in [5, 5.41) is 3.02. The standard InChI is InChI=1S/C25H27Cl2FN6O3/c1-15(21-17(26)4-5-18(28)22(21)27)37-25-23(29)32-14-20(33-25)19-6-3-16(13-31-19)24(35)30-7-2-8-34-9-11-36-12-10-34/h3-6,13-15H,2,7-12H2,1H3,(H2,29,32)(H,30,35). The van der Waals surface area contributed by atoms with E-state index in [2.05, 4.69) is 25.2 Å². The molecule has 0 spiro atoms. The van der Waals surface area contributed by atoms with Crippen LogP contribution in [0.1, 0.15) is 35.4 Å². The fourth-order valence-electron chi connectivity index (χ4n) is 3.84. The molecule has 1 aromatic carbocycles. The van der Waals surface area contributed by atoms with Crippen LogP contribution in [0.2, 0.25) is 10.0 Å². The zero-order valence-corrected chi connectivity index (χ0v) is 21.7. The lowest BCUT2D eigenvalue weighted by Gasteiger charge is -2.26. The van der Waals surface area contributed by atoms with Crippen molar-refractivity contribution in [3.8, 4) is 17.3 Å². The Bertz CT molecular complexity index is 1240. The number of rotatable bonds is 9. The lowest BCUT2D eigenvalue weighted by molar-refractivity contribution is 0.0374. The lowest BCUT2D eigenvalue weighted by Crippen LogP contribution is -2.38. The number of nitrogens with zero attached hydrogens (tertiary/aromatic N) is 4. The molecule has 3 aromatic rings. The minimum Gasteiger partial charge on any atom is -0.467 e. The van der Waals surface area contributed by atoms with Crippen LogP contribution in [-0.2, 0) is 4.74 Å². The number of pyridine rings is 1. The molecule has 1 unspecified atom stereocenters. The summed E-state index contributed by atoms with van der Waals surface area (Å²) >= 11 is 12.3. The van der Waals surface area contributed by atoms with Crippen molar-refractivity contribution in [3.63, 3.8) is 0 Å². The van der Waals surface area contributed by atoms with Gasteiger partial charge in [0.1, 0.15) is 17.6 Å². The number of carbonyl (C=O) groups is 1. The second-order valence-corrected chi connectivity index (χ2v) is 9.24. The second kappa shape index (κ2) is 12.5. The van der Waals surface area contributed by atoms with Gasteiger partial charge in [0.2, 0.25) is 0 Å². The van der Waals surface area contributed by atoms with Crippen molar-refractivity contribution in [2.75, 3.05) is 45.1 Å². The summed E-state index contributed by atoms with van der Waals surface area (Å²) in [6.45, 7) is 6.48. The first-order chi connectivity index (χ1) is 17.8. The zero-order chi connectivity index (χ0) is 26.4. The van der Waals surface area contributed by atoms with Gasteiger partial charge in [0, 0.05) is 36.4 Å². The van der Waals surface area contributed by atoms with Crippen LogP contribution in [0, 0.1) is 5.82 Å². The molecule has 0 bridgehead atoms. The molecular formula is C25H27Cl2FN6O3. The molecule has 1 aliphatic heterocycles. The van der Waals surface area contributed by atoms with Gasteiger partial charge in [-0.15, -0.1) is 0 Å². The number of ether oxygens (including phenoxy) is 2. The maximum Gasteiger partial charge on any atom is 0.258 e. The number of amides is 1. The molecule has 2 aromatic heterocycles. The second-order valence-electron chi connectivity index (χ2n) is 8.46. The minimum atomic E-state index is -0.759. The Morgan fingerprint density at radius 1 is 1.19 bits per heavy atom. The molecule has 0 radical (unpaired) electrons.